The first-order valence-electron chi connectivity index (χ1n) is 10.3. The maximum Gasteiger partial charge on any atom is 0.262 e. The third kappa shape index (κ3) is 6.62. The average molecular weight is 432 g/mol. The molecule has 0 aromatic heterocycles. The highest BCUT2D eigenvalue weighted by atomic mass is 35.5. The van der Waals surface area contributed by atoms with Crippen LogP contribution in [0.1, 0.15) is 24.0 Å². The number of halogens is 1. The SMILES string of the molecule is COc1cc(CNCC2CCNCC2)c(Cl)cc1OCC(=O)Nc1ccc(C)cc1. The maximum absolute atomic E-state index is 12.2. The largest absolute Gasteiger partial charge is 0.493 e. The molecule has 7 heteroatoms. The molecule has 0 unspecified atom stereocenters. The number of benzene rings is 2. The van der Waals surface area contributed by atoms with Gasteiger partial charge in [-0.2, -0.15) is 0 Å². The highest BCUT2D eigenvalue weighted by Crippen LogP contribution is 2.33. The summed E-state index contributed by atoms with van der Waals surface area (Å²) in [6.45, 7) is 5.67. The molecule has 0 spiro atoms. The summed E-state index contributed by atoms with van der Waals surface area (Å²) in [5.74, 6) is 1.45. The van der Waals surface area contributed by atoms with Crippen molar-refractivity contribution in [3.05, 3.63) is 52.5 Å². The summed E-state index contributed by atoms with van der Waals surface area (Å²) in [5.41, 5.74) is 2.81. The van der Waals surface area contributed by atoms with Crippen LogP contribution in [0.2, 0.25) is 5.02 Å². The van der Waals surface area contributed by atoms with Crippen molar-refractivity contribution in [2.24, 2.45) is 5.92 Å². The number of hydrogen-bond donors (Lipinski definition) is 3. The Kier molecular flexibility index (Phi) is 8.37. The maximum atomic E-state index is 12.2. The number of anilines is 1. The van der Waals surface area contributed by atoms with E-state index < -0.39 is 0 Å². The first kappa shape index (κ1) is 22.4. The molecule has 1 amide bonds. The first-order valence-corrected chi connectivity index (χ1v) is 10.7. The number of hydrogen-bond acceptors (Lipinski definition) is 5. The predicted octanol–water partition coefficient (Wildman–Crippen LogP) is 3.76. The summed E-state index contributed by atoms with van der Waals surface area (Å²) < 4.78 is 11.1. The van der Waals surface area contributed by atoms with E-state index in [1.165, 1.54) is 12.8 Å². The van der Waals surface area contributed by atoms with Crippen molar-refractivity contribution >= 4 is 23.2 Å². The second-order valence-electron chi connectivity index (χ2n) is 7.62. The Labute approximate surface area is 183 Å². The fourth-order valence-electron chi connectivity index (χ4n) is 3.46. The monoisotopic (exact) mass is 431 g/mol. The molecular weight excluding hydrogens is 402 g/mol. The van der Waals surface area contributed by atoms with E-state index in [-0.39, 0.29) is 12.5 Å². The summed E-state index contributed by atoms with van der Waals surface area (Å²) in [4.78, 5) is 12.2. The molecule has 1 aliphatic heterocycles. The molecule has 0 saturated carbocycles. The van der Waals surface area contributed by atoms with E-state index in [4.69, 9.17) is 21.1 Å². The lowest BCUT2D eigenvalue weighted by Crippen LogP contribution is -2.33. The Morgan fingerprint density at radius 1 is 1.17 bits per heavy atom. The number of nitrogens with one attached hydrogen (secondary N) is 3. The van der Waals surface area contributed by atoms with Crippen LogP contribution in [0.25, 0.3) is 0 Å². The molecule has 1 fully saturated rings. The Morgan fingerprint density at radius 2 is 1.90 bits per heavy atom. The van der Waals surface area contributed by atoms with Crippen LogP contribution in [0, 0.1) is 12.8 Å². The van der Waals surface area contributed by atoms with Crippen molar-refractivity contribution in [2.45, 2.75) is 26.3 Å². The molecule has 2 aromatic rings. The summed E-state index contributed by atoms with van der Waals surface area (Å²) in [5, 5.41) is 10.3. The van der Waals surface area contributed by atoms with Crippen LogP contribution in [0.5, 0.6) is 11.5 Å². The molecule has 3 N–H and O–H groups in total. The molecule has 2 aromatic carbocycles. The van der Waals surface area contributed by atoms with E-state index in [0.717, 1.165) is 36.4 Å². The predicted molar refractivity (Wildman–Crippen MR) is 121 cm³/mol. The van der Waals surface area contributed by atoms with Gasteiger partial charge >= 0.3 is 0 Å². The molecule has 0 aliphatic carbocycles. The normalized spacial score (nSPS) is 14.4. The summed E-state index contributed by atoms with van der Waals surface area (Å²) in [6.07, 6.45) is 2.39. The zero-order chi connectivity index (χ0) is 21.3. The van der Waals surface area contributed by atoms with Crippen LogP contribution in [-0.2, 0) is 11.3 Å². The van der Waals surface area contributed by atoms with Crippen LogP contribution in [0.3, 0.4) is 0 Å². The minimum absolute atomic E-state index is 0.131. The smallest absolute Gasteiger partial charge is 0.262 e. The summed E-state index contributed by atoms with van der Waals surface area (Å²) in [7, 11) is 1.58. The lowest BCUT2D eigenvalue weighted by molar-refractivity contribution is -0.118. The van der Waals surface area contributed by atoms with Crippen LogP contribution in [0.15, 0.2) is 36.4 Å². The zero-order valence-electron chi connectivity index (χ0n) is 17.6. The molecule has 1 saturated heterocycles. The van der Waals surface area contributed by atoms with Gasteiger partial charge in [0.15, 0.2) is 18.1 Å². The van der Waals surface area contributed by atoms with Gasteiger partial charge in [-0.1, -0.05) is 29.3 Å². The van der Waals surface area contributed by atoms with Crippen molar-refractivity contribution in [3.63, 3.8) is 0 Å². The Balaban J connectivity index is 1.53. The van der Waals surface area contributed by atoms with Gasteiger partial charge in [0.1, 0.15) is 0 Å². The second-order valence-corrected chi connectivity index (χ2v) is 8.03. The molecule has 162 valence electrons. The molecule has 3 rings (SSSR count). The van der Waals surface area contributed by atoms with Crippen molar-refractivity contribution in [3.8, 4) is 11.5 Å². The Bertz CT molecular complexity index is 836. The van der Waals surface area contributed by atoms with Gasteiger partial charge in [-0.15, -0.1) is 0 Å². The lowest BCUT2D eigenvalue weighted by atomic mass is 9.98. The van der Waals surface area contributed by atoms with E-state index in [0.29, 0.717) is 29.0 Å². The van der Waals surface area contributed by atoms with E-state index in [9.17, 15) is 4.79 Å². The van der Waals surface area contributed by atoms with Crippen LogP contribution < -0.4 is 25.4 Å². The second kappa shape index (κ2) is 11.2. The van der Waals surface area contributed by atoms with Crippen molar-refractivity contribution in [2.75, 3.05) is 38.7 Å². The Morgan fingerprint density at radius 3 is 2.60 bits per heavy atom. The molecule has 30 heavy (non-hydrogen) atoms. The third-order valence-corrected chi connectivity index (χ3v) is 5.59. The van der Waals surface area contributed by atoms with Crippen LogP contribution in [0.4, 0.5) is 5.69 Å². The van der Waals surface area contributed by atoms with Gasteiger partial charge in [-0.25, -0.2) is 0 Å². The summed E-state index contributed by atoms with van der Waals surface area (Å²) in [6, 6.07) is 11.2. The van der Waals surface area contributed by atoms with Gasteiger partial charge in [0.2, 0.25) is 0 Å². The third-order valence-electron chi connectivity index (χ3n) is 5.23. The van der Waals surface area contributed by atoms with Crippen molar-refractivity contribution in [1.82, 2.24) is 10.6 Å². The van der Waals surface area contributed by atoms with Crippen LogP contribution in [-0.4, -0.2) is 39.3 Å². The number of carbonyl (C=O) groups excluding carboxylic acids is 1. The number of aryl methyl sites for hydroxylation is 1. The first-order chi connectivity index (χ1) is 14.5. The minimum atomic E-state index is -0.246. The van der Waals surface area contributed by atoms with Gasteiger partial charge in [0.05, 0.1) is 7.11 Å². The number of ether oxygens (including phenoxy) is 2. The standard InChI is InChI=1S/C23H30ClN3O3/c1-16-3-5-19(6-4-16)27-23(28)15-30-22-12-20(24)18(11-21(22)29-2)14-26-13-17-7-9-25-10-8-17/h3-6,11-12,17,25-26H,7-10,13-15H2,1-2H3,(H,27,28). The van der Waals surface area contributed by atoms with Gasteiger partial charge in [-0.05, 0) is 69.1 Å². The average Bonchev–Trinajstić information content (AvgIpc) is 2.76. The van der Waals surface area contributed by atoms with E-state index in [1.54, 1.807) is 13.2 Å². The summed E-state index contributed by atoms with van der Waals surface area (Å²) >= 11 is 6.45. The molecular formula is C23H30ClN3O3. The number of methoxy groups -OCH3 is 1. The van der Waals surface area contributed by atoms with E-state index in [1.807, 2.05) is 37.3 Å². The molecule has 0 atom stereocenters. The Hall–Kier alpha value is -2.28. The topological polar surface area (TPSA) is 71.6 Å². The van der Waals surface area contributed by atoms with Gasteiger partial charge in [0, 0.05) is 23.3 Å². The molecule has 0 radical (unpaired) electrons. The fraction of sp³-hybridized carbons (Fsp3) is 0.435. The molecule has 6 nitrogen and oxygen atoms in total. The van der Waals surface area contributed by atoms with Gasteiger partial charge in [0.25, 0.3) is 5.91 Å². The van der Waals surface area contributed by atoms with Crippen molar-refractivity contribution < 1.29 is 14.3 Å². The fourth-order valence-corrected chi connectivity index (χ4v) is 3.68. The van der Waals surface area contributed by atoms with Gasteiger partial charge in [-0.3, -0.25) is 4.79 Å². The quantitative estimate of drug-likeness (QED) is 0.563. The number of piperidine rings is 1. The zero-order valence-corrected chi connectivity index (χ0v) is 18.3. The molecule has 1 heterocycles. The van der Waals surface area contributed by atoms with Gasteiger partial charge < -0.3 is 25.4 Å². The highest BCUT2D eigenvalue weighted by Gasteiger charge is 2.15. The van der Waals surface area contributed by atoms with E-state index in [2.05, 4.69) is 16.0 Å². The highest BCUT2D eigenvalue weighted by molar-refractivity contribution is 6.31. The van der Waals surface area contributed by atoms with Crippen molar-refractivity contribution in [1.29, 1.82) is 0 Å². The number of rotatable bonds is 9. The molecule has 1 aliphatic rings. The lowest BCUT2D eigenvalue weighted by Gasteiger charge is -2.23. The van der Waals surface area contributed by atoms with E-state index >= 15 is 0 Å². The number of amides is 1. The minimum Gasteiger partial charge on any atom is -0.493 e. The number of carbonyl (C=O) groups is 1. The van der Waals surface area contributed by atoms with Crippen LogP contribution >= 0.6 is 11.6 Å². The molecule has 0 bridgehead atoms.